The predicted molar refractivity (Wildman–Crippen MR) is 71.5 cm³/mol. The Kier molecular flexibility index (Phi) is 2.76. The van der Waals surface area contributed by atoms with Gasteiger partial charge in [-0.25, -0.2) is 0 Å². The molecule has 1 aromatic heterocycles. The summed E-state index contributed by atoms with van der Waals surface area (Å²) in [6.45, 7) is 0. The Hall–Kier alpha value is -1.87. The second kappa shape index (κ2) is 4.42. The molecular weight excluding hydrogens is 224 g/mol. The van der Waals surface area contributed by atoms with E-state index in [1.807, 2.05) is 18.2 Å². The Morgan fingerprint density at radius 1 is 1.28 bits per heavy atom. The zero-order valence-corrected chi connectivity index (χ0v) is 10.4. The average molecular weight is 240 g/mol. The van der Waals surface area contributed by atoms with Gasteiger partial charge in [-0.05, 0) is 36.1 Å². The third kappa shape index (κ3) is 1.68. The summed E-state index contributed by atoms with van der Waals surface area (Å²) in [4.78, 5) is 4.46. The highest BCUT2D eigenvalue weighted by Gasteiger charge is 2.23. The van der Waals surface area contributed by atoms with Gasteiger partial charge in [-0.3, -0.25) is 4.98 Å². The summed E-state index contributed by atoms with van der Waals surface area (Å²) >= 11 is 0. The Morgan fingerprint density at radius 3 is 3.00 bits per heavy atom. The lowest BCUT2D eigenvalue weighted by molar-refractivity contribution is 0.415. The zero-order chi connectivity index (χ0) is 12.5. The van der Waals surface area contributed by atoms with Crippen molar-refractivity contribution in [1.29, 1.82) is 0 Å². The van der Waals surface area contributed by atoms with E-state index in [0.29, 0.717) is 0 Å². The van der Waals surface area contributed by atoms with Crippen LogP contribution in [0.25, 0.3) is 11.3 Å². The molecule has 1 heterocycles. The van der Waals surface area contributed by atoms with Gasteiger partial charge in [-0.2, -0.15) is 0 Å². The second-order valence-corrected chi connectivity index (χ2v) is 4.57. The third-order valence-corrected chi connectivity index (χ3v) is 3.56. The van der Waals surface area contributed by atoms with Crippen LogP contribution in [-0.4, -0.2) is 12.1 Å². The van der Waals surface area contributed by atoms with Crippen molar-refractivity contribution >= 4 is 0 Å². The van der Waals surface area contributed by atoms with Crippen LogP contribution in [0.1, 0.15) is 23.6 Å². The van der Waals surface area contributed by atoms with Gasteiger partial charge < -0.3 is 10.5 Å². The Morgan fingerprint density at radius 2 is 2.17 bits per heavy atom. The van der Waals surface area contributed by atoms with Crippen molar-refractivity contribution in [2.75, 3.05) is 7.11 Å². The van der Waals surface area contributed by atoms with Crippen LogP contribution >= 0.6 is 0 Å². The number of nitrogens with two attached hydrogens (primary N) is 1. The first kappa shape index (κ1) is 11.2. The minimum absolute atomic E-state index is 0.162. The van der Waals surface area contributed by atoms with Crippen molar-refractivity contribution in [1.82, 2.24) is 4.98 Å². The second-order valence-electron chi connectivity index (χ2n) is 4.57. The Bertz CT molecular complexity index is 580. The smallest absolute Gasteiger partial charge is 0.145 e. The minimum atomic E-state index is 0.162. The van der Waals surface area contributed by atoms with Crippen molar-refractivity contribution in [3.05, 3.63) is 47.7 Å². The number of benzene rings is 1. The molecular formula is C15H16N2O. The van der Waals surface area contributed by atoms with Gasteiger partial charge in [0.15, 0.2) is 0 Å². The van der Waals surface area contributed by atoms with E-state index < -0.39 is 0 Å². The quantitative estimate of drug-likeness (QED) is 0.878. The number of nitrogens with zero attached hydrogens (tertiary/aromatic N) is 1. The molecule has 0 spiro atoms. The van der Waals surface area contributed by atoms with E-state index >= 15 is 0 Å². The molecule has 1 unspecified atom stereocenters. The van der Waals surface area contributed by atoms with Crippen LogP contribution in [0.5, 0.6) is 5.75 Å². The summed E-state index contributed by atoms with van der Waals surface area (Å²) in [6.07, 6.45) is 3.83. The molecule has 1 aromatic carbocycles. The summed E-state index contributed by atoms with van der Waals surface area (Å²) in [7, 11) is 1.68. The zero-order valence-electron chi connectivity index (χ0n) is 10.4. The molecule has 3 nitrogen and oxygen atoms in total. The SMILES string of the molecule is COc1cccnc1-c1cccc2c1CCC2N. The summed E-state index contributed by atoms with van der Waals surface area (Å²) in [5.41, 5.74) is 10.7. The van der Waals surface area contributed by atoms with Gasteiger partial charge in [0.05, 0.1) is 7.11 Å². The van der Waals surface area contributed by atoms with Gasteiger partial charge in [-0.15, -0.1) is 0 Å². The molecule has 1 aliphatic rings. The van der Waals surface area contributed by atoms with Gasteiger partial charge in [0, 0.05) is 17.8 Å². The van der Waals surface area contributed by atoms with Crippen LogP contribution in [0, 0.1) is 0 Å². The highest BCUT2D eigenvalue weighted by atomic mass is 16.5. The number of methoxy groups -OCH3 is 1. The normalized spacial score (nSPS) is 17.6. The standard InChI is InChI=1S/C15H16N2O/c1-18-14-6-3-9-17-15(14)12-5-2-4-11-10(12)7-8-13(11)16/h2-6,9,13H,7-8,16H2,1H3. The first-order valence-electron chi connectivity index (χ1n) is 6.18. The molecule has 3 heteroatoms. The van der Waals surface area contributed by atoms with E-state index in [9.17, 15) is 0 Å². The third-order valence-electron chi connectivity index (χ3n) is 3.56. The van der Waals surface area contributed by atoms with Crippen LogP contribution in [0.15, 0.2) is 36.5 Å². The Balaban J connectivity index is 2.19. The van der Waals surface area contributed by atoms with E-state index in [-0.39, 0.29) is 6.04 Å². The number of fused-ring (bicyclic) bond motifs is 1. The molecule has 0 radical (unpaired) electrons. The fourth-order valence-corrected chi connectivity index (χ4v) is 2.67. The number of ether oxygens (including phenoxy) is 1. The summed E-state index contributed by atoms with van der Waals surface area (Å²) in [5, 5.41) is 0. The molecule has 2 aromatic rings. The van der Waals surface area contributed by atoms with Gasteiger partial charge in [0.1, 0.15) is 11.4 Å². The van der Waals surface area contributed by atoms with E-state index in [1.165, 1.54) is 11.1 Å². The van der Waals surface area contributed by atoms with Crippen molar-refractivity contribution in [2.45, 2.75) is 18.9 Å². The first-order valence-corrected chi connectivity index (χ1v) is 6.18. The lowest BCUT2D eigenvalue weighted by atomic mass is 9.99. The predicted octanol–water partition coefficient (Wildman–Crippen LogP) is 2.70. The Labute approximate surface area is 107 Å². The lowest BCUT2D eigenvalue weighted by Gasteiger charge is -2.12. The van der Waals surface area contributed by atoms with Crippen LogP contribution in [-0.2, 0) is 6.42 Å². The summed E-state index contributed by atoms with van der Waals surface area (Å²) in [6, 6.07) is 10.3. The highest BCUT2D eigenvalue weighted by Crippen LogP contribution is 2.38. The van der Waals surface area contributed by atoms with Crippen LogP contribution < -0.4 is 10.5 Å². The monoisotopic (exact) mass is 240 g/mol. The van der Waals surface area contributed by atoms with Crippen molar-refractivity contribution in [2.24, 2.45) is 5.73 Å². The van der Waals surface area contributed by atoms with Gasteiger partial charge >= 0.3 is 0 Å². The fourth-order valence-electron chi connectivity index (χ4n) is 2.67. The molecule has 0 amide bonds. The van der Waals surface area contributed by atoms with Gasteiger partial charge in [0.25, 0.3) is 0 Å². The maximum atomic E-state index is 6.11. The summed E-state index contributed by atoms with van der Waals surface area (Å²) in [5.74, 6) is 0.811. The van der Waals surface area contributed by atoms with E-state index in [2.05, 4.69) is 17.1 Å². The van der Waals surface area contributed by atoms with Crippen LogP contribution in [0.3, 0.4) is 0 Å². The van der Waals surface area contributed by atoms with Crippen molar-refractivity contribution in [3.8, 4) is 17.0 Å². The molecule has 2 N–H and O–H groups in total. The number of aromatic nitrogens is 1. The molecule has 1 atom stereocenters. The molecule has 0 saturated carbocycles. The van der Waals surface area contributed by atoms with E-state index in [0.717, 1.165) is 29.8 Å². The van der Waals surface area contributed by atoms with Crippen LogP contribution in [0.4, 0.5) is 0 Å². The first-order chi connectivity index (χ1) is 8.81. The molecule has 0 fully saturated rings. The molecule has 92 valence electrons. The summed E-state index contributed by atoms with van der Waals surface area (Å²) < 4.78 is 5.39. The maximum absolute atomic E-state index is 6.11. The molecule has 0 aliphatic heterocycles. The molecule has 0 saturated heterocycles. The average Bonchev–Trinajstić information content (AvgIpc) is 2.81. The number of hydrogen-bond acceptors (Lipinski definition) is 3. The molecule has 3 rings (SSSR count). The highest BCUT2D eigenvalue weighted by molar-refractivity contribution is 5.71. The van der Waals surface area contributed by atoms with E-state index in [4.69, 9.17) is 10.5 Å². The maximum Gasteiger partial charge on any atom is 0.145 e. The van der Waals surface area contributed by atoms with Gasteiger partial charge in [-0.1, -0.05) is 18.2 Å². The largest absolute Gasteiger partial charge is 0.494 e. The topological polar surface area (TPSA) is 48.1 Å². The van der Waals surface area contributed by atoms with Crippen molar-refractivity contribution < 1.29 is 4.74 Å². The molecule has 1 aliphatic carbocycles. The number of hydrogen-bond donors (Lipinski definition) is 1. The minimum Gasteiger partial charge on any atom is -0.494 e. The van der Waals surface area contributed by atoms with E-state index in [1.54, 1.807) is 13.3 Å². The molecule has 0 bridgehead atoms. The number of pyridine rings is 1. The lowest BCUT2D eigenvalue weighted by Crippen LogP contribution is -2.05. The number of rotatable bonds is 2. The fraction of sp³-hybridized carbons (Fsp3) is 0.267. The molecule has 18 heavy (non-hydrogen) atoms. The van der Waals surface area contributed by atoms with Crippen molar-refractivity contribution in [3.63, 3.8) is 0 Å². The van der Waals surface area contributed by atoms with Crippen LogP contribution in [0.2, 0.25) is 0 Å². The van der Waals surface area contributed by atoms with Gasteiger partial charge in [0.2, 0.25) is 0 Å².